The Kier molecular flexibility index (Phi) is 3.85. The first-order chi connectivity index (χ1) is 10.3. The Labute approximate surface area is 126 Å². The maximum atomic E-state index is 13.3. The molecule has 0 aliphatic heterocycles. The Morgan fingerprint density at radius 3 is 2.04 bits per heavy atom. The van der Waals surface area contributed by atoms with Gasteiger partial charge < -0.3 is 0 Å². The summed E-state index contributed by atoms with van der Waals surface area (Å²) in [5, 5.41) is 0. The second-order valence-corrected chi connectivity index (χ2v) is 5.98. The summed E-state index contributed by atoms with van der Waals surface area (Å²) >= 11 is 0. The molecule has 3 nitrogen and oxygen atoms in total. The summed E-state index contributed by atoms with van der Waals surface area (Å²) in [6.07, 6.45) is -8.40. The molecule has 2 heterocycles. The van der Waals surface area contributed by atoms with Gasteiger partial charge in [-0.15, -0.1) is 0 Å². The van der Waals surface area contributed by atoms with Gasteiger partial charge in [0.2, 0.25) is 0 Å². The van der Waals surface area contributed by atoms with Gasteiger partial charge in [-0.1, -0.05) is 20.8 Å². The summed E-state index contributed by atoms with van der Waals surface area (Å²) in [4.78, 5) is 6.77. The molecule has 0 unspecified atom stereocenters. The van der Waals surface area contributed by atoms with E-state index in [0.717, 1.165) is 0 Å². The zero-order valence-electron chi connectivity index (χ0n) is 12.2. The van der Waals surface area contributed by atoms with E-state index in [1.165, 1.54) is 20.8 Å². The van der Waals surface area contributed by atoms with Crippen molar-refractivity contribution in [2.75, 3.05) is 0 Å². The number of halogens is 7. The second-order valence-electron chi connectivity index (χ2n) is 5.98. The summed E-state index contributed by atoms with van der Waals surface area (Å²) in [6.45, 7) is 4.39. The van der Waals surface area contributed by atoms with Crippen molar-refractivity contribution in [3.05, 3.63) is 29.5 Å². The van der Waals surface area contributed by atoms with Gasteiger partial charge in [0.05, 0.1) is 5.69 Å². The second kappa shape index (κ2) is 5.07. The van der Waals surface area contributed by atoms with Crippen LogP contribution in [0.3, 0.4) is 0 Å². The molecule has 0 aliphatic rings. The van der Waals surface area contributed by atoms with Crippen LogP contribution in [0.25, 0.3) is 5.65 Å². The molecule has 10 heteroatoms. The molecule has 0 saturated carbocycles. The molecule has 0 atom stereocenters. The number of hydrogen-bond donors (Lipinski definition) is 0. The predicted molar refractivity (Wildman–Crippen MR) is 66.6 cm³/mol. The van der Waals surface area contributed by atoms with Gasteiger partial charge in [-0.3, -0.25) is 4.40 Å². The van der Waals surface area contributed by atoms with Gasteiger partial charge in [0, 0.05) is 11.5 Å². The molecular weight excluding hydrogens is 331 g/mol. The van der Waals surface area contributed by atoms with Crippen molar-refractivity contribution < 1.29 is 30.7 Å². The van der Waals surface area contributed by atoms with E-state index in [0.29, 0.717) is 16.8 Å². The van der Waals surface area contributed by atoms with Crippen molar-refractivity contribution >= 4 is 5.65 Å². The Balaban J connectivity index is 2.76. The van der Waals surface area contributed by atoms with Gasteiger partial charge in [-0.2, -0.15) is 22.0 Å². The number of imidazole rings is 1. The number of fused-ring (bicyclic) bond motifs is 1. The Bertz CT molecular complexity index is 725. The van der Waals surface area contributed by atoms with E-state index in [1.807, 2.05) is 0 Å². The minimum absolute atomic E-state index is 0.385. The van der Waals surface area contributed by atoms with E-state index in [2.05, 4.69) is 9.97 Å². The minimum atomic E-state index is -4.81. The van der Waals surface area contributed by atoms with Crippen molar-refractivity contribution in [3.8, 4) is 0 Å². The van der Waals surface area contributed by atoms with Crippen molar-refractivity contribution in [2.24, 2.45) is 0 Å². The first-order valence-corrected chi connectivity index (χ1v) is 6.38. The monoisotopic (exact) mass is 343 g/mol. The normalized spacial score (nSPS) is 14.0. The fourth-order valence-corrected chi connectivity index (χ4v) is 2.04. The maximum Gasteiger partial charge on any atom is 0.433 e. The molecule has 0 amide bonds. The van der Waals surface area contributed by atoms with Crippen LogP contribution in [0.15, 0.2) is 12.4 Å². The smallest absolute Gasteiger partial charge is 0.279 e. The standard InChI is InChI=1S/C13H12F7N3/c1-11(2,3)8-9(13(18,19)20)23-5-21-6(4-7(23)22-8)12(16,17)10(14)15/h4-5,10H,1-3H3. The van der Waals surface area contributed by atoms with Gasteiger partial charge in [-0.05, 0) is 0 Å². The molecule has 2 rings (SSSR count). The van der Waals surface area contributed by atoms with E-state index < -0.39 is 41.0 Å². The highest BCUT2D eigenvalue weighted by molar-refractivity contribution is 5.47. The molecule has 128 valence electrons. The predicted octanol–water partition coefficient (Wildman–Crippen LogP) is 4.40. The number of rotatable bonds is 2. The SMILES string of the molecule is CC(C)(C)c1nc2cc(C(F)(F)C(F)F)ncn2c1C(F)(F)F. The first kappa shape index (κ1) is 17.5. The van der Waals surface area contributed by atoms with Crippen molar-refractivity contribution in [1.29, 1.82) is 0 Å². The fourth-order valence-electron chi connectivity index (χ4n) is 2.04. The molecule has 23 heavy (non-hydrogen) atoms. The Morgan fingerprint density at radius 1 is 1.04 bits per heavy atom. The minimum Gasteiger partial charge on any atom is -0.279 e. The van der Waals surface area contributed by atoms with Crippen LogP contribution in [0.2, 0.25) is 0 Å². The van der Waals surface area contributed by atoms with Crippen LogP contribution in [0, 0.1) is 0 Å². The summed E-state index contributed by atoms with van der Waals surface area (Å²) in [6, 6.07) is 0.441. The van der Waals surface area contributed by atoms with E-state index in [-0.39, 0.29) is 5.69 Å². The van der Waals surface area contributed by atoms with E-state index >= 15 is 0 Å². The number of aromatic nitrogens is 3. The summed E-state index contributed by atoms with van der Waals surface area (Å²) < 4.78 is 91.6. The molecule has 0 N–H and O–H groups in total. The van der Waals surface area contributed by atoms with Crippen LogP contribution >= 0.6 is 0 Å². The average molecular weight is 343 g/mol. The zero-order valence-corrected chi connectivity index (χ0v) is 12.2. The molecular formula is C13H12F7N3. The van der Waals surface area contributed by atoms with Crippen LogP contribution in [0.4, 0.5) is 30.7 Å². The molecule has 0 aliphatic carbocycles. The summed E-state index contributed by atoms with van der Waals surface area (Å²) in [7, 11) is 0. The lowest BCUT2D eigenvalue weighted by molar-refractivity contribution is -0.143. The number of nitrogens with zero attached hydrogens (tertiary/aromatic N) is 3. The van der Waals surface area contributed by atoms with Gasteiger partial charge in [0.1, 0.15) is 17.7 Å². The van der Waals surface area contributed by atoms with Crippen LogP contribution in [0.5, 0.6) is 0 Å². The summed E-state index contributed by atoms with van der Waals surface area (Å²) in [5.41, 5.74) is -4.45. The topological polar surface area (TPSA) is 30.2 Å². The molecule has 2 aromatic rings. The number of hydrogen-bond acceptors (Lipinski definition) is 2. The lowest BCUT2D eigenvalue weighted by Crippen LogP contribution is -2.25. The molecule has 0 saturated heterocycles. The van der Waals surface area contributed by atoms with Crippen molar-refractivity contribution in [3.63, 3.8) is 0 Å². The van der Waals surface area contributed by atoms with Crippen LogP contribution < -0.4 is 0 Å². The fraction of sp³-hybridized carbons (Fsp3) is 0.538. The molecule has 0 aromatic carbocycles. The van der Waals surface area contributed by atoms with Crippen molar-refractivity contribution in [2.45, 2.75) is 44.7 Å². The van der Waals surface area contributed by atoms with E-state index in [4.69, 9.17) is 0 Å². The molecule has 2 aromatic heterocycles. The zero-order chi connectivity index (χ0) is 17.8. The highest BCUT2D eigenvalue weighted by Crippen LogP contribution is 2.39. The quantitative estimate of drug-likeness (QED) is 0.757. The van der Waals surface area contributed by atoms with Gasteiger partial charge >= 0.3 is 18.5 Å². The third-order valence-electron chi connectivity index (χ3n) is 3.11. The van der Waals surface area contributed by atoms with Crippen LogP contribution in [0.1, 0.15) is 37.9 Å². The van der Waals surface area contributed by atoms with Crippen LogP contribution in [-0.4, -0.2) is 20.8 Å². The van der Waals surface area contributed by atoms with Crippen molar-refractivity contribution in [1.82, 2.24) is 14.4 Å². The molecule has 0 radical (unpaired) electrons. The lowest BCUT2D eigenvalue weighted by atomic mass is 9.90. The Hall–Kier alpha value is -1.87. The third-order valence-corrected chi connectivity index (χ3v) is 3.11. The third kappa shape index (κ3) is 2.98. The summed E-state index contributed by atoms with van der Waals surface area (Å²) in [5.74, 6) is -4.58. The largest absolute Gasteiger partial charge is 0.433 e. The molecule has 0 fully saturated rings. The van der Waals surface area contributed by atoms with E-state index in [9.17, 15) is 30.7 Å². The Morgan fingerprint density at radius 2 is 1.61 bits per heavy atom. The van der Waals surface area contributed by atoms with Gasteiger partial charge in [0.25, 0.3) is 0 Å². The molecule has 0 spiro atoms. The lowest BCUT2D eigenvalue weighted by Gasteiger charge is -2.19. The van der Waals surface area contributed by atoms with E-state index in [1.54, 1.807) is 0 Å². The number of alkyl halides is 7. The maximum absolute atomic E-state index is 13.3. The van der Waals surface area contributed by atoms with Gasteiger partial charge in [-0.25, -0.2) is 18.7 Å². The highest BCUT2D eigenvalue weighted by atomic mass is 19.4. The van der Waals surface area contributed by atoms with Gasteiger partial charge in [0.15, 0.2) is 5.69 Å². The highest BCUT2D eigenvalue weighted by Gasteiger charge is 2.46. The van der Waals surface area contributed by atoms with Crippen LogP contribution in [-0.2, 0) is 17.5 Å². The molecule has 0 bridgehead atoms. The average Bonchev–Trinajstić information content (AvgIpc) is 2.76. The first-order valence-electron chi connectivity index (χ1n) is 6.38.